The number of thioether (sulfide) groups is 1. The van der Waals surface area contributed by atoms with E-state index < -0.39 is 0 Å². The van der Waals surface area contributed by atoms with Crippen LogP contribution in [-0.2, 0) is 0 Å². The van der Waals surface area contributed by atoms with Crippen LogP contribution in [0.4, 0.5) is 0 Å². The van der Waals surface area contributed by atoms with Crippen molar-refractivity contribution in [3.63, 3.8) is 0 Å². The van der Waals surface area contributed by atoms with Gasteiger partial charge in [-0.25, -0.2) is 0 Å². The topological polar surface area (TPSA) is 12.0 Å². The Morgan fingerprint density at radius 1 is 1.38 bits per heavy atom. The molecule has 0 spiro atoms. The molecule has 76 valence electrons. The van der Waals surface area contributed by atoms with Gasteiger partial charge in [-0.3, -0.25) is 0 Å². The van der Waals surface area contributed by atoms with Gasteiger partial charge in [0, 0.05) is 0 Å². The molecule has 0 radical (unpaired) electrons. The first-order chi connectivity index (χ1) is 6.31. The van der Waals surface area contributed by atoms with E-state index >= 15 is 0 Å². The molecule has 0 saturated carbocycles. The van der Waals surface area contributed by atoms with Gasteiger partial charge in [0.05, 0.1) is 0 Å². The van der Waals surface area contributed by atoms with E-state index in [4.69, 9.17) is 0 Å². The Morgan fingerprint density at radius 2 is 2.15 bits per heavy atom. The summed E-state index contributed by atoms with van der Waals surface area (Å²) in [6.07, 6.45) is 0. The van der Waals surface area contributed by atoms with E-state index in [0.29, 0.717) is 0 Å². The van der Waals surface area contributed by atoms with Crippen LogP contribution in [0.2, 0.25) is 8.87 Å². The Kier molecular flexibility index (Phi) is 12.1. The number of hydrogen-bond donors (Lipinski definition) is 1. The zero-order chi connectivity index (χ0) is 9.94. The standard InChI is InChI=1S/C6H14N.C4H9S.Sn/c1-4-7-5-6(2)3;1-3-5-4-2;/h6-7H,2,4-5H2,1,3H3;1,3-4H2,2H3;/q;;+2. The maximum absolute atomic E-state index is 3.42. The second-order valence-corrected chi connectivity index (χ2v) is 8.73. The van der Waals surface area contributed by atoms with E-state index in [1.165, 1.54) is 18.1 Å². The molecule has 0 aromatic carbocycles. The molecule has 0 saturated heterocycles. The molecule has 1 unspecified atom stereocenters. The van der Waals surface area contributed by atoms with Gasteiger partial charge in [0.2, 0.25) is 0 Å². The third kappa shape index (κ3) is 11.0. The molecular formula is C10H23NSSn+2. The van der Waals surface area contributed by atoms with Crippen LogP contribution < -0.4 is 5.32 Å². The fourth-order valence-electron chi connectivity index (χ4n) is 1.10. The van der Waals surface area contributed by atoms with Gasteiger partial charge < -0.3 is 0 Å². The molecule has 0 aromatic rings. The Hall–Kier alpha value is 1.11. The van der Waals surface area contributed by atoms with Gasteiger partial charge in [0.1, 0.15) is 0 Å². The zero-order valence-corrected chi connectivity index (χ0v) is 12.9. The molecule has 0 aromatic heterocycles. The Bertz CT molecular complexity index is 101. The summed E-state index contributed by atoms with van der Waals surface area (Å²) in [4.78, 5) is 0. The maximum atomic E-state index is 3.42. The van der Waals surface area contributed by atoms with Crippen molar-refractivity contribution in [2.24, 2.45) is 5.92 Å². The summed E-state index contributed by atoms with van der Waals surface area (Å²) in [5, 5.41) is 3.42. The van der Waals surface area contributed by atoms with Crippen LogP contribution in [0.1, 0.15) is 20.8 Å². The molecule has 0 aliphatic rings. The number of rotatable bonds is 9. The average molecular weight is 308 g/mol. The van der Waals surface area contributed by atoms with Crippen LogP contribution in [0.5, 0.6) is 0 Å². The van der Waals surface area contributed by atoms with Gasteiger partial charge in [-0.05, 0) is 0 Å². The van der Waals surface area contributed by atoms with Crippen molar-refractivity contribution in [3.05, 3.63) is 0 Å². The van der Waals surface area contributed by atoms with Crippen LogP contribution in [0.25, 0.3) is 0 Å². The second kappa shape index (κ2) is 11.2. The van der Waals surface area contributed by atoms with Crippen LogP contribution in [0.15, 0.2) is 0 Å². The predicted molar refractivity (Wildman–Crippen MR) is 66.1 cm³/mol. The zero-order valence-electron chi connectivity index (χ0n) is 9.23. The van der Waals surface area contributed by atoms with Crippen LogP contribution >= 0.6 is 11.8 Å². The summed E-state index contributed by atoms with van der Waals surface area (Å²) < 4.78 is 3.12. The molecule has 3 heteroatoms. The van der Waals surface area contributed by atoms with Gasteiger partial charge in [0.25, 0.3) is 0 Å². The molecular weight excluding hydrogens is 285 g/mol. The normalized spacial score (nSPS) is 12.5. The summed E-state index contributed by atoms with van der Waals surface area (Å²) in [5.41, 5.74) is 0. The Morgan fingerprint density at radius 3 is 2.77 bits per heavy atom. The third-order valence-corrected chi connectivity index (χ3v) is 8.33. The van der Waals surface area contributed by atoms with Crippen molar-refractivity contribution < 1.29 is 0 Å². The predicted octanol–water partition coefficient (Wildman–Crippen LogP) is 2.53. The molecule has 0 bridgehead atoms. The van der Waals surface area contributed by atoms with Crippen molar-refractivity contribution in [2.75, 3.05) is 24.6 Å². The van der Waals surface area contributed by atoms with Crippen molar-refractivity contribution in [1.29, 1.82) is 0 Å². The summed E-state index contributed by atoms with van der Waals surface area (Å²) in [5.74, 6) is 3.65. The van der Waals surface area contributed by atoms with Gasteiger partial charge in [-0.2, -0.15) is 0 Å². The Balaban J connectivity index is 3.03. The summed E-state index contributed by atoms with van der Waals surface area (Å²) in [6.45, 7) is 9.18. The molecule has 0 amide bonds. The SMILES string of the molecule is CCNCC(C)[CH2][Sn+2][CH2]CSCC. The molecule has 1 atom stereocenters. The minimum absolute atomic E-state index is 0.00232. The van der Waals surface area contributed by atoms with Gasteiger partial charge in [-0.1, -0.05) is 0 Å². The monoisotopic (exact) mass is 309 g/mol. The Labute approximate surface area is 98.0 Å². The molecule has 1 N–H and O–H groups in total. The molecule has 1 nitrogen and oxygen atoms in total. The van der Waals surface area contributed by atoms with E-state index in [2.05, 4.69) is 37.8 Å². The summed E-state index contributed by atoms with van der Waals surface area (Å²) in [7, 11) is 0. The fourth-order valence-corrected chi connectivity index (χ4v) is 6.55. The molecule has 13 heavy (non-hydrogen) atoms. The molecule has 0 aliphatic heterocycles. The van der Waals surface area contributed by atoms with E-state index in [1.54, 1.807) is 8.87 Å². The first kappa shape index (κ1) is 14.1. The van der Waals surface area contributed by atoms with Gasteiger partial charge >= 0.3 is 98.4 Å². The van der Waals surface area contributed by atoms with E-state index in [-0.39, 0.29) is 21.1 Å². The van der Waals surface area contributed by atoms with E-state index in [1.807, 2.05) is 0 Å². The average Bonchev–Trinajstić information content (AvgIpc) is 2.14. The van der Waals surface area contributed by atoms with Crippen molar-refractivity contribution >= 4 is 32.9 Å². The minimum atomic E-state index is -0.00232. The van der Waals surface area contributed by atoms with Crippen molar-refractivity contribution in [3.8, 4) is 0 Å². The van der Waals surface area contributed by atoms with Crippen LogP contribution in [-0.4, -0.2) is 45.7 Å². The van der Waals surface area contributed by atoms with Crippen LogP contribution in [0, 0.1) is 5.92 Å². The fraction of sp³-hybridized carbons (Fsp3) is 1.00. The number of hydrogen-bond acceptors (Lipinski definition) is 2. The van der Waals surface area contributed by atoms with Gasteiger partial charge in [-0.15, -0.1) is 0 Å². The number of nitrogens with one attached hydrogen (secondary N) is 1. The van der Waals surface area contributed by atoms with E-state index in [0.717, 1.165) is 12.5 Å². The molecule has 0 aliphatic carbocycles. The first-order valence-electron chi connectivity index (χ1n) is 5.30. The first-order valence-corrected chi connectivity index (χ1v) is 10.5. The van der Waals surface area contributed by atoms with Crippen molar-refractivity contribution in [2.45, 2.75) is 29.6 Å². The van der Waals surface area contributed by atoms with Gasteiger partial charge in [0.15, 0.2) is 0 Å². The third-order valence-electron chi connectivity index (χ3n) is 1.86. The quantitative estimate of drug-likeness (QED) is 0.519. The second-order valence-electron chi connectivity index (χ2n) is 3.31. The molecule has 0 rings (SSSR count). The van der Waals surface area contributed by atoms with Crippen molar-refractivity contribution in [1.82, 2.24) is 5.32 Å². The van der Waals surface area contributed by atoms with E-state index in [9.17, 15) is 0 Å². The summed E-state index contributed by atoms with van der Waals surface area (Å²) in [6, 6.07) is 0. The summed E-state index contributed by atoms with van der Waals surface area (Å²) >= 11 is 2.10. The molecule has 0 heterocycles. The molecule has 0 fully saturated rings. The van der Waals surface area contributed by atoms with Crippen LogP contribution in [0.3, 0.4) is 0 Å².